The van der Waals surface area contributed by atoms with Gasteiger partial charge in [0.25, 0.3) is 0 Å². The van der Waals surface area contributed by atoms with Crippen molar-refractivity contribution in [2.24, 2.45) is 0 Å². The molecule has 0 saturated heterocycles. The minimum absolute atomic E-state index is 0.257. The molecule has 1 aromatic heterocycles. The summed E-state index contributed by atoms with van der Waals surface area (Å²) in [5.41, 5.74) is 8.31. The molecule has 4 heteroatoms. The molecule has 0 amide bonds. The second-order valence-electron chi connectivity index (χ2n) is 5.19. The molecule has 0 fully saturated rings. The highest BCUT2D eigenvalue weighted by Gasteiger charge is 2.19. The van der Waals surface area contributed by atoms with E-state index < -0.39 is 0 Å². The molecule has 96 valence electrons. The lowest BCUT2D eigenvalue weighted by molar-refractivity contribution is 0.652. The quantitative estimate of drug-likeness (QED) is 0.866. The van der Waals surface area contributed by atoms with Gasteiger partial charge in [-0.05, 0) is 25.6 Å². The summed E-state index contributed by atoms with van der Waals surface area (Å²) in [5.74, 6) is 1.63. The van der Waals surface area contributed by atoms with Crippen molar-refractivity contribution in [3.05, 3.63) is 23.4 Å². The molecule has 0 saturated carbocycles. The molecule has 3 nitrogen and oxygen atoms in total. The third-order valence-electron chi connectivity index (χ3n) is 2.62. The van der Waals surface area contributed by atoms with E-state index in [0.717, 1.165) is 11.3 Å². The van der Waals surface area contributed by atoms with Crippen LogP contribution in [0.4, 0.5) is 5.82 Å². The molecule has 0 aliphatic carbocycles. The minimum Gasteiger partial charge on any atom is -0.383 e. The van der Waals surface area contributed by atoms with Crippen LogP contribution in [0.2, 0.25) is 0 Å². The Labute approximate surface area is 109 Å². The Morgan fingerprint density at radius 2 is 2.12 bits per heavy atom. The van der Waals surface area contributed by atoms with Gasteiger partial charge in [-0.2, -0.15) is 11.8 Å². The van der Waals surface area contributed by atoms with E-state index >= 15 is 0 Å². The first-order valence-corrected chi connectivity index (χ1v) is 6.86. The van der Waals surface area contributed by atoms with Gasteiger partial charge in [0.15, 0.2) is 0 Å². The Morgan fingerprint density at radius 1 is 1.47 bits per heavy atom. The summed E-state index contributed by atoms with van der Waals surface area (Å²) >= 11 is 1.93. The first-order valence-electron chi connectivity index (χ1n) is 5.87. The number of anilines is 1. The van der Waals surface area contributed by atoms with Crippen LogP contribution in [0.3, 0.4) is 0 Å². The highest BCUT2D eigenvalue weighted by molar-refractivity contribution is 8.00. The molecule has 1 unspecified atom stereocenters. The summed E-state index contributed by atoms with van der Waals surface area (Å²) in [6.45, 7) is 8.76. The summed E-state index contributed by atoms with van der Waals surface area (Å²) in [6, 6.07) is 2.27. The Bertz CT molecular complexity index is 351. The molecule has 1 rings (SSSR count). The van der Waals surface area contributed by atoms with E-state index in [2.05, 4.69) is 38.0 Å². The van der Waals surface area contributed by atoms with Crippen LogP contribution in [0.1, 0.15) is 37.9 Å². The van der Waals surface area contributed by atoms with Crippen molar-refractivity contribution in [1.29, 1.82) is 0 Å². The van der Waals surface area contributed by atoms with Crippen LogP contribution in [0, 0.1) is 6.92 Å². The number of thioether (sulfide) groups is 1. The maximum Gasteiger partial charge on any atom is 0.128 e. The highest BCUT2D eigenvalue weighted by atomic mass is 32.2. The van der Waals surface area contributed by atoms with Crippen LogP contribution >= 0.6 is 11.8 Å². The maximum atomic E-state index is 5.98. The molecule has 0 radical (unpaired) electrons. The number of hydrogen-bond donors (Lipinski definition) is 2. The van der Waals surface area contributed by atoms with Crippen molar-refractivity contribution in [3.8, 4) is 0 Å². The van der Waals surface area contributed by atoms with Crippen molar-refractivity contribution < 1.29 is 0 Å². The van der Waals surface area contributed by atoms with Crippen LogP contribution < -0.4 is 11.1 Å². The Kier molecular flexibility index (Phi) is 4.83. The van der Waals surface area contributed by atoms with E-state index in [-0.39, 0.29) is 10.8 Å². The number of nitrogens with two attached hydrogens (primary N) is 1. The average Bonchev–Trinajstić information content (AvgIpc) is 2.21. The van der Waals surface area contributed by atoms with Crippen LogP contribution in [0.15, 0.2) is 12.3 Å². The predicted octanol–water partition coefficient (Wildman–Crippen LogP) is 2.76. The van der Waals surface area contributed by atoms with E-state index in [1.807, 2.05) is 24.9 Å². The summed E-state index contributed by atoms with van der Waals surface area (Å²) < 4.78 is 0.264. The topological polar surface area (TPSA) is 50.9 Å². The number of nitrogen functional groups attached to an aromatic ring is 1. The van der Waals surface area contributed by atoms with Gasteiger partial charge < -0.3 is 11.1 Å². The van der Waals surface area contributed by atoms with E-state index in [1.54, 1.807) is 6.20 Å². The first kappa shape index (κ1) is 14.3. The van der Waals surface area contributed by atoms with Gasteiger partial charge in [-0.15, -0.1) is 0 Å². The van der Waals surface area contributed by atoms with Gasteiger partial charge >= 0.3 is 0 Å². The molecular formula is C13H23N3S. The Hall–Kier alpha value is -0.740. The molecule has 1 atom stereocenters. The van der Waals surface area contributed by atoms with Gasteiger partial charge in [0, 0.05) is 28.3 Å². The maximum absolute atomic E-state index is 5.98. The molecule has 1 aromatic rings. The second-order valence-corrected chi connectivity index (χ2v) is 7.04. The number of aryl methyl sites for hydroxylation is 1. The molecule has 0 aromatic carbocycles. The normalized spacial score (nSPS) is 13.7. The fourth-order valence-corrected chi connectivity index (χ4v) is 2.69. The van der Waals surface area contributed by atoms with E-state index in [0.29, 0.717) is 5.82 Å². The number of nitrogens with one attached hydrogen (secondary N) is 1. The zero-order chi connectivity index (χ0) is 13.1. The van der Waals surface area contributed by atoms with Gasteiger partial charge in [0.05, 0.1) is 0 Å². The number of rotatable bonds is 4. The smallest absolute Gasteiger partial charge is 0.128 e. The molecule has 3 N–H and O–H groups in total. The van der Waals surface area contributed by atoms with Crippen molar-refractivity contribution >= 4 is 17.6 Å². The predicted molar refractivity (Wildman–Crippen MR) is 77.4 cm³/mol. The molecule has 17 heavy (non-hydrogen) atoms. The number of hydrogen-bond acceptors (Lipinski definition) is 4. The van der Waals surface area contributed by atoms with Gasteiger partial charge in [0.2, 0.25) is 0 Å². The van der Waals surface area contributed by atoms with E-state index in [1.165, 1.54) is 5.56 Å². The van der Waals surface area contributed by atoms with Crippen molar-refractivity contribution in [3.63, 3.8) is 0 Å². The van der Waals surface area contributed by atoms with Crippen molar-refractivity contribution in [2.45, 2.75) is 38.5 Å². The Balaban J connectivity index is 2.87. The minimum atomic E-state index is 0.257. The molecule has 0 bridgehead atoms. The average molecular weight is 253 g/mol. The molecule has 0 spiro atoms. The summed E-state index contributed by atoms with van der Waals surface area (Å²) in [5, 5.41) is 3.33. The number of pyridine rings is 1. The summed E-state index contributed by atoms with van der Waals surface area (Å²) in [7, 11) is 1.97. The first-order chi connectivity index (χ1) is 7.85. The lowest BCUT2D eigenvalue weighted by Gasteiger charge is -2.24. The van der Waals surface area contributed by atoms with Gasteiger partial charge in [0.1, 0.15) is 5.82 Å². The van der Waals surface area contributed by atoms with Gasteiger partial charge in [-0.1, -0.05) is 20.8 Å². The lowest BCUT2D eigenvalue weighted by atomic mass is 10.0. The molecule has 1 heterocycles. The highest BCUT2D eigenvalue weighted by Crippen LogP contribution is 2.31. The Morgan fingerprint density at radius 3 is 2.59 bits per heavy atom. The SMILES string of the molecule is CNC(CSC(C)(C)C)c1c(C)ccnc1N. The fraction of sp³-hybridized carbons (Fsp3) is 0.615. The van der Waals surface area contributed by atoms with Crippen LogP contribution in [0.25, 0.3) is 0 Å². The number of nitrogens with zero attached hydrogens (tertiary/aromatic N) is 1. The molecular weight excluding hydrogens is 230 g/mol. The van der Waals surface area contributed by atoms with E-state index in [4.69, 9.17) is 5.73 Å². The fourth-order valence-electron chi connectivity index (χ4n) is 1.69. The van der Waals surface area contributed by atoms with Crippen LogP contribution in [0.5, 0.6) is 0 Å². The van der Waals surface area contributed by atoms with Crippen molar-refractivity contribution in [1.82, 2.24) is 10.3 Å². The zero-order valence-corrected chi connectivity index (χ0v) is 12.2. The van der Waals surface area contributed by atoms with Crippen LogP contribution in [-0.2, 0) is 0 Å². The summed E-state index contributed by atoms with van der Waals surface area (Å²) in [4.78, 5) is 4.18. The molecule has 0 aliphatic rings. The lowest BCUT2D eigenvalue weighted by Crippen LogP contribution is -2.24. The standard InChI is InChI=1S/C13H23N3S/c1-9-6-7-16-12(14)11(9)10(15-5)8-17-13(2,3)4/h6-7,10,15H,8H2,1-5H3,(H2,14,16). The van der Waals surface area contributed by atoms with Gasteiger partial charge in [-0.3, -0.25) is 0 Å². The van der Waals surface area contributed by atoms with E-state index in [9.17, 15) is 0 Å². The summed E-state index contributed by atoms with van der Waals surface area (Å²) in [6.07, 6.45) is 1.76. The van der Waals surface area contributed by atoms with Crippen molar-refractivity contribution in [2.75, 3.05) is 18.5 Å². The van der Waals surface area contributed by atoms with Crippen LogP contribution in [-0.4, -0.2) is 22.5 Å². The number of aromatic nitrogens is 1. The zero-order valence-electron chi connectivity index (χ0n) is 11.4. The molecule has 0 aliphatic heterocycles. The third kappa shape index (κ3) is 4.21. The third-order valence-corrected chi connectivity index (χ3v) is 3.98. The second kappa shape index (κ2) is 5.74. The van der Waals surface area contributed by atoms with Gasteiger partial charge in [-0.25, -0.2) is 4.98 Å². The monoisotopic (exact) mass is 253 g/mol. The largest absolute Gasteiger partial charge is 0.383 e.